The summed E-state index contributed by atoms with van der Waals surface area (Å²) < 4.78 is 23.3. The van der Waals surface area contributed by atoms with Crippen LogP contribution in [0.3, 0.4) is 0 Å². The minimum Gasteiger partial charge on any atom is -0.378 e. The number of carbonyl (C=O) groups excluding carboxylic acids is 5. The largest absolute Gasteiger partial charge is 0.378 e. The molecule has 0 bridgehead atoms. The van der Waals surface area contributed by atoms with Gasteiger partial charge in [0.2, 0.25) is 23.6 Å². The molecular formula is C41H51BrN10O9. The fourth-order valence-electron chi connectivity index (χ4n) is 7.13. The van der Waals surface area contributed by atoms with Gasteiger partial charge in [0.15, 0.2) is 5.78 Å². The Labute approximate surface area is 360 Å². The molecule has 3 atom stereocenters. The lowest BCUT2D eigenvalue weighted by atomic mass is 10.0. The maximum absolute atomic E-state index is 14.0. The van der Waals surface area contributed by atoms with Gasteiger partial charge in [0.05, 0.1) is 51.7 Å². The quantitative estimate of drug-likeness (QED) is 0.0473. The van der Waals surface area contributed by atoms with Gasteiger partial charge in [0.1, 0.15) is 47.7 Å². The van der Waals surface area contributed by atoms with Crippen molar-refractivity contribution in [3.8, 4) is 11.1 Å². The molecule has 1 aliphatic heterocycles. The summed E-state index contributed by atoms with van der Waals surface area (Å²) in [6.07, 6.45) is 4.60. The lowest BCUT2D eigenvalue weighted by Crippen LogP contribution is -2.47. The smallest absolute Gasteiger partial charge is 0.248 e. The van der Waals surface area contributed by atoms with Gasteiger partial charge in [-0.25, -0.2) is 15.0 Å². The van der Waals surface area contributed by atoms with Crippen LogP contribution in [0.2, 0.25) is 0 Å². The van der Waals surface area contributed by atoms with Gasteiger partial charge >= 0.3 is 0 Å². The topological polar surface area (TPSA) is 244 Å². The number of carbonyl (C=O) groups is 5. The number of benzene rings is 1. The summed E-state index contributed by atoms with van der Waals surface area (Å²) in [5, 5.41) is 13.4. The second kappa shape index (κ2) is 21.0. The molecule has 1 aromatic carbocycles. The third-order valence-electron chi connectivity index (χ3n) is 10.4. The Balaban J connectivity index is 0.959. The average Bonchev–Trinajstić information content (AvgIpc) is 3.60. The number of halogens is 1. The standard InChI is InChI=1S/C41H51BrN10O9/c1-25-4-7-33(42)48-39(25)49-40(57)31-17-41(3)18-32(41)52(31)37(56)22-51-30-6-5-27(16-29(30)38(50-51)26(2)53)28-19-45-34(46-20-28)21-47-36(55)24-61-15-13-59-11-9-44-35(54)23-60-14-12-58-10-8-43/h4-7,16,19-20,31-32H,8-15,17-18,21-24,43H2,1-3H3,(H,44,54)(H,47,55)(H,48,49,57)/t31-,32?,41-/m0/s1. The van der Waals surface area contributed by atoms with Crippen molar-refractivity contribution < 1.29 is 42.9 Å². The summed E-state index contributed by atoms with van der Waals surface area (Å²) in [7, 11) is 0. The van der Waals surface area contributed by atoms with Gasteiger partial charge in [-0.15, -0.1) is 0 Å². The predicted molar refractivity (Wildman–Crippen MR) is 225 cm³/mol. The Morgan fingerprint density at radius 2 is 1.57 bits per heavy atom. The third kappa shape index (κ3) is 12.0. The molecule has 0 radical (unpaired) electrons. The van der Waals surface area contributed by atoms with E-state index in [0.29, 0.717) is 72.0 Å². The number of rotatable bonds is 23. The molecule has 1 unspecified atom stereocenters. The minimum atomic E-state index is -0.669. The van der Waals surface area contributed by atoms with Crippen LogP contribution in [0.5, 0.6) is 0 Å². The van der Waals surface area contributed by atoms with Crippen molar-refractivity contribution in [2.75, 3.05) is 71.3 Å². The highest BCUT2D eigenvalue weighted by molar-refractivity contribution is 9.10. The number of pyridine rings is 1. The number of Topliss-reactive ketones (excluding diaryl/α,β-unsaturated/α-hetero) is 1. The molecule has 1 saturated heterocycles. The number of fused-ring (bicyclic) bond motifs is 2. The van der Waals surface area contributed by atoms with E-state index >= 15 is 0 Å². The molecule has 0 spiro atoms. The number of aromatic nitrogens is 5. The van der Waals surface area contributed by atoms with Crippen molar-refractivity contribution in [3.63, 3.8) is 0 Å². The minimum absolute atomic E-state index is 0.0621. The van der Waals surface area contributed by atoms with Crippen LogP contribution < -0.4 is 21.7 Å². The van der Waals surface area contributed by atoms with Gasteiger partial charge in [0.25, 0.3) is 0 Å². The summed E-state index contributed by atoms with van der Waals surface area (Å²) in [4.78, 5) is 79.3. The molecule has 20 heteroatoms. The third-order valence-corrected chi connectivity index (χ3v) is 10.9. The molecular weight excluding hydrogens is 856 g/mol. The van der Waals surface area contributed by atoms with E-state index in [1.165, 1.54) is 11.6 Å². The van der Waals surface area contributed by atoms with Crippen LogP contribution >= 0.6 is 15.9 Å². The summed E-state index contributed by atoms with van der Waals surface area (Å²) in [5.74, 6) is -0.610. The van der Waals surface area contributed by atoms with E-state index in [9.17, 15) is 24.0 Å². The summed E-state index contributed by atoms with van der Waals surface area (Å²) >= 11 is 3.36. The van der Waals surface area contributed by atoms with Crippen LogP contribution in [0, 0.1) is 12.3 Å². The van der Waals surface area contributed by atoms with E-state index in [1.807, 2.05) is 25.1 Å². The molecule has 6 rings (SSSR count). The maximum Gasteiger partial charge on any atom is 0.248 e. The van der Waals surface area contributed by atoms with E-state index in [0.717, 1.165) is 17.5 Å². The highest BCUT2D eigenvalue weighted by atomic mass is 79.9. The lowest BCUT2D eigenvalue weighted by Gasteiger charge is -2.27. The van der Waals surface area contributed by atoms with Gasteiger partial charge < -0.3 is 45.5 Å². The number of nitrogens with one attached hydrogen (secondary N) is 3. The van der Waals surface area contributed by atoms with E-state index in [4.69, 9.17) is 24.7 Å². The Bertz CT molecular complexity index is 2220. The normalized spacial score (nSPS) is 17.9. The molecule has 4 heterocycles. The molecule has 2 aliphatic rings. The monoisotopic (exact) mass is 906 g/mol. The fourth-order valence-corrected chi connectivity index (χ4v) is 7.44. The number of nitrogens with two attached hydrogens (primary N) is 1. The molecule has 326 valence electrons. The number of aryl methyl sites for hydroxylation is 1. The summed E-state index contributed by atoms with van der Waals surface area (Å²) in [6, 6.07) is 8.37. The van der Waals surface area contributed by atoms with Gasteiger partial charge in [-0.1, -0.05) is 19.1 Å². The first-order chi connectivity index (χ1) is 29.4. The van der Waals surface area contributed by atoms with Crippen LogP contribution in [0.15, 0.2) is 47.3 Å². The van der Waals surface area contributed by atoms with Gasteiger partial charge in [-0.2, -0.15) is 5.10 Å². The molecule has 4 amide bonds. The van der Waals surface area contributed by atoms with Crippen LogP contribution in [-0.2, 0) is 51.2 Å². The number of hydrogen-bond donors (Lipinski definition) is 4. The first-order valence-electron chi connectivity index (χ1n) is 20.0. The number of ketones is 1. The molecule has 61 heavy (non-hydrogen) atoms. The molecule has 5 N–H and O–H groups in total. The van der Waals surface area contributed by atoms with Crippen LogP contribution in [0.25, 0.3) is 22.0 Å². The number of likely N-dealkylation sites (tertiary alicyclic amines) is 1. The zero-order valence-electron chi connectivity index (χ0n) is 34.4. The molecule has 1 aliphatic carbocycles. The van der Waals surface area contributed by atoms with Crippen molar-refractivity contribution in [3.05, 3.63) is 64.4 Å². The van der Waals surface area contributed by atoms with Gasteiger partial charge in [-0.3, -0.25) is 28.7 Å². The zero-order valence-corrected chi connectivity index (χ0v) is 36.0. The van der Waals surface area contributed by atoms with Crippen molar-refractivity contribution in [2.45, 2.75) is 58.8 Å². The Morgan fingerprint density at radius 1 is 0.885 bits per heavy atom. The number of nitrogens with zero attached hydrogens (tertiary/aromatic N) is 6. The van der Waals surface area contributed by atoms with Crippen LogP contribution in [0.4, 0.5) is 5.82 Å². The molecule has 2 fully saturated rings. The highest BCUT2D eigenvalue weighted by Crippen LogP contribution is 2.59. The SMILES string of the molecule is CC(=O)c1nn(CC(=O)N2C3C[C@]3(C)C[C@H]2C(=O)Nc2nc(Br)ccc2C)c2ccc(-c3cnc(CNC(=O)COCCOCCNC(=O)COCCOCCN)nc3)cc12. The maximum atomic E-state index is 14.0. The Kier molecular flexibility index (Phi) is 15.6. The van der Waals surface area contributed by atoms with E-state index < -0.39 is 6.04 Å². The van der Waals surface area contributed by atoms with Crippen LogP contribution in [-0.4, -0.2) is 137 Å². The Morgan fingerprint density at radius 3 is 2.28 bits per heavy atom. The predicted octanol–water partition coefficient (Wildman–Crippen LogP) is 1.94. The van der Waals surface area contributed by atoms with Crippen molar-refractivity contribution in [1.82, 2.24) is 40.3 Å². The fraction of sp³-hybridized carbons (Fsp3) is 0.488. The number of hydrogen-bond acceptors (Lipinski definition) is 14. The van der Waals surface area contributed by atoms with E-state index in [-0.39, 0.29) is 92.7 Å². The number of ether oxygens (including phenoxy) is 4. The number of amides is 4. The number of piperidine rings is 1. The van der Waals surface area contributed by atoms with Gasteiger partial charge in [0, 0.05) is 49.4 Å². The summed E-state index contributed by atoms with van der Waals surface area (Å²) in [5.41, 5.74) is 8.20. The highest BCUT2D eigenvalue weighted by Gasteiger charge is 2.64. The van der Waals surface area contributed by atoms with Crippen molar-refractivity contribution in [1.29, 1.82) is 0 Å². The Hall–Kier alpha value is -5.25. The first kappa shape index (κ1) is 45.3. The van der Waals surface area contributed by atoms with Crippen molar-refractivity contribution >= 4 is 62.1 Å². The molecule has 19 nitrogen and oxygen atoms in total. The number of anilines is 1. The first-order valence-corrected chi connectivity index (χ1v) is 20.8. The second-order valence-electron chi connectivity index (χ2n) is 15.1. The average molecular weight is 908 g/mol. The van der Waals surface area contributed by atoms with Crippen LogP contribution in [0.1, 0.15) is 48.6 Å². The molecule has 4 aromatic rings. The zero-order chi connectivity index (χ0) is 43.5. The van der Waals surface area contributed by atoms with E-state index in [1.54, 1.807) is 29.4 Å². The van der Waals surface area contributed by atoms with E-state index in [2.05, 4.69) is 58.9 Å². The molecule has 3 aromatic heterocycles. The van der Waals surface area contributed by atoms with Gasteiger partial charge in [-0.05, 0) is 70.4 Å². The second-order valence-corrected chi connectivity index (χ2v) is 15.9. The lowest BCUT2D eigenvalue weighted by molar-refractivity contribution is -0.138. The molecule has 1 saturated carbocycles. The summed E-state index contributed by atoms with van der Waals surface area (Å²) in [6.45, 7) is 7.62. The van der Waals surface area contributed by atoms with Crippen molar-refractivity contribution in [2.24, 2.45) is 11.1 Å².